The number of ether oxygens (including phenoxy) is 1. The number of fused-ring (bicyclic) bond motifs is 2. The number of carbonyl (C=O) groups is 1. The molecule has 8 heteroatoms. The summed E-state index contributed by atoms with van der Waals surface area (Å²) in [6, 6.07) is 13.4. The molecule has 2 heterocycles. The van der Waals surface area contributed by atoms with Crippen molar-refractivity contribution in [3.63, 3.8) is 0 Å². The second-order valence-electron chi connectivity index (χ2n) is 9.04. The number of β-amino-alcohol motifs (C(OH)–C–C–N with tert-alkyl or cyclic N) is 1. The lowest BCUT2D eigenvalue weighted by Crippen LogP contribution is -2.43. The molecule has 1 fully saturated rings. The number of nitrogens with zero attached hydrogens (tertiary/aromatic N) is 4. The van der Waals surface area contributed by atoms with Crippen molar-refractivity contribution < 1.29 is 19.2 Å². The number of nitriles is 1. The lowest BCUT2D eigenvalue weighted by Gasteiger charge is -2.36. The predicted molar refractivity (Wildman–Crippen MR) is 124 cm³/mol. The number of hydrogen-bond donors (Lipinski definition) is 1. The van der Waals surface area contributed by atoms with Crippen LogP contribution in [0.5, 0.6) is 5.75 Å². The highest BCUT2D eigenvalue weighted by Gasteiger charge is 2.50. The third-order valence-corrected chi connectivity index (χ3v) is 6.74. The van der Waals surface area contributed by atoms with Crippen LogP contribution in [0, 0.1) is 11.3 Å². The number of carbonyl (C=O) groups excluding carboxylic acids is 1. The molecule has 8 nitrogen and oxygen atoms in total. The van der Waals surface area contributed by atoms with Gasteiger partial charge in [-0.15, -0.1) is 0 Å². The zero-order valence-electron chi connectivity index (χ0n) is 19.2. The molecule has 1 aromatic heterocycles. The van der Waals surface area contributed by atoms with Crippen LogP contribution in [0.1, 0.15) is 49.8 Å². The smallest absolute Gasteiger partial charge is 0.258 e. The van der Waals surface area contributed by atoms with E-state index in [1.807, 2.05) is 30.9 Å². The maximum absolute atomic E-state index is 12.5. The zero-order valence-corrected chi connectivity index (χ0v) is 19.2. The first kappa shape index (κ1) is 22.1. The van der Waals surface area contributed by atoms with Crippen LogP contribution in [0.15, 0.2) is 40.9 Å². The van der Waals surface area contributed by atoms with Gasteiger partial charge in [0.15, 0.2) is 0 Å². The number of hydrogen-bond acceptors (Lipinski definition) is 7. The molecule has 1 aliphatic carbocycles. The van der Waals surface area contributed by atoms with Gasteiger partial charge in [-0.2, -0.15) is 10.2 Å². The summed E-state index contributed by atoms with van der Waals surface area (Å²) in [4.78, 5) is 19.0. The van der Waals surface area contributed by atoms with E-state index in [4.69, 9.17) is 9.26 Å². The van der Waals surface area contributed by atoms with Crippen molar-refractivity contribution in [1.29, 1.82) is 5.26 Å². The SMILES string of the molecule is CC(C)Oc1ccc(-c2nc(-c3cccc4c3CCC43CCC(=O)N3CCO)no2)cc1C#N. The monoisotopic (exact) mass is 458 g/mol. The summed E-state index contributed by atoms with van der Waals surface area (Å²) in [5.41, 5.74) is 3.79. The number of amides is 1. The highest BCUT2D eigenvalue weighted by Crippen LogP contribution is 2.50. The Morgan fingerprint density at radius 2 is 2.09 bits per heavy atom. The van der Waals surface area contributed by atoms with Gasteiger partial charge in [-0.25, -0.2) is 0 Å². The summed E-state index contributed by atoms with van der Waals surface area (Å²) >= 11 is 0. The van der Waals surface area contributed by atoms with Gasteiger partial charge in [0.05, 0.1) is 23.8 Å². The highest BCUT2D eigenvalue weighted by atomic mass is 16.5. The molecule has 2 aromatic carbocycles. The average molecular weight is 459 g/mol. The molecule has 2 aliphatic rings. The molecular weight excluding hydrogens is 432 g/mol. The van der Waals surface area contributed by atoms with E-state index in [1.165, 1.54) is 0 Å². The van der Waals surface area contributed by atoms with Gasteiger partial charge in [-0.3, -0.25) is 4.79 Å². The van der Waals surface area contributed by atoms with Crippen LogP contribution >= 0.6 is 0 Å². The Hall–Kier alpha value is -3.70. The van der Waals surface area contributed by atoms with E-state index in [0.717, 1.165) is 36.0 Å². The van der Waals surface area contributed by atoms with Gasteiger partial charge in [0, 0.05) is 24.1 Å². The van der Waals surface area contributed by atoms with Gasteiger partial charge in [-0.05, 0) is 62.4 Å². The molecular formula is C26H26N4O4. The molecule has 0 radical (unpaired) electrons. The molecule has 3 aromatic rings. The second-order valence-corrected chi connectivity index (χ2v) is 9.04. The van der Waals surface area contributed by atoms with Crippen LogP contribution < -0.4 is 4.74 Å². The number of benzene rings is 2. The predicted octanol–water partition coefficient (Wildman–Crippen LogP) is 3.82. The molecule has 34 heavy (non-hydrogen) atoms. The highest BCUT2D eigenvalue weighted by molar-refractivity contribution is 5.81. The third kappa shape index (κ3) is 3.53. The summed E-state index contributed by atoms with van der Waals surface area (Å²) in [5, 5.41) is 23.3. The molecule has 5 rings (SSSR count). The van der Waals surface area contributed by atoms with Crippen LogP contribution in [0.3, 0.4) is 0 Å². The van der Waals surface area contributed by atoms with E-state index in [0.29, 0.717) is 41.6 Å². The Bertz CT molecular complexity index is 1290. The summed E-state index contributed by atoms with van der Waals surface area (Å²) < 4.78 is 11.3. The largest absolute Gasteiger partial charge is 0.490 e. The minimum absolute atomic E-state index is 0.0418. The van der Waals surface area contributed by atoms with Gasteiger partial charge in [-0.1, -0.05) is 23.4 Å². The van der Waals surface area contributed by atoms with Gasteiger partial charge in [0.1, 0.15) is 11.8 Å². The number of rotatable bonds is 6. The van der Waals surface area contributed by atoms with E-state index in [9.17, 15) is 15.2 Å². The zero-order chi connectivity index (χ0) is 23.9. The van der Waals surface area contributed by atoms with Crippen molar-refractivity contribution >= 4 is 5.91 Å². The molecule has 0 saturated carbocycles. The average Bonchev–Trinajstić information content (AvgIpc) is 3.54. The van der Waals surface area contributed by atoms with Gasteiger partial charge in [0.2, 0.25) is 11.7 Å². The fourth-order valence-electron chi connectivity index (χ4n) is 5.33. The van der Waals surface area contributed by atoms with E-state index in [2.05, 4.69) is 22.3 Å². The lowest BCUT2D eigenvalue weighted by molar-refractivity contribution is -0.132. The van der Waals surface area contributed by atoms with Gasteiger partial charge in [0.25, 0.3) is 5.89 Å². The van der Waals surface area contributed by atoms with E-state index >= 15 is 0 Å². The van der Waals surface area contributed by atoms with Gasteiger partial charge < -0.3 is 19.3 Å². The van der Waals surface area contributed by atoms with E-state index < -0.39 is 0 Å². The Morgan fingerprint density at radius 3 is 2.85 bits per heavy atom. The molecule has 1 aliphatic heterocycles. The van der Waals surface area contributed by atoms with Crippen molar-refractivity contribution in [2.75, 3.05) is 13.2 Å². The second kappa shape index (κ2) is 8.58. The molecule has 1 unspecified atom stereocenters. The van der Waals surface area contributed by atoms with Crippen molar-refractivity contribution in [3.05, 3.63) is 53.1 Å². The van der Waals surface area contributed by atoms with Crippen molar-refractivity contribution in [1.82, 2.24) is 15.0 Å². The topological polar surface area (TPSA) is 112 Å². The summed E-state index contributed by atoms with van der Waals surface area (Å²) in [6.07, 6.45) is 2.82. The van der Waals surface area contributed by atoms with Crippen LogP contribution in [-0.4, -0.2) is 45.3 Å². The third-order valence-electron chi connectivity index (χ3n) is 6.74. The lowest BCUT2D eigenvalue weighted by atomic mass is 9.88. The molecule has 0 bridgehead atoms. The Kier molecular flexibility index (Phi) is 5.58. The van der Waals surface area contributed by atoms with Crippen LogP contribution in [-0.2, 0) is 16.8 Å². The van der Waals surface area contributed by atoms with Crippen molar-refractivity contribution in [2.45, 2.75) is 51.2 Å². The quantitative estimate of drug-likeness (QED) is 0.597. The van der Waals surface area contributed by atoms with Crippen molar-refractivity contribution in [2.24, 2.45) is 0 Å². The molecule has 1 atom stereocenters. The molecule has 1 spiro atoms. The fourth-order valence-corrected chi connectivity index (χ4v) is 5.33. The Labute approximate surface area is 197 Å². The Balaban J connectivity index is 1.50. The molecule has 1 amide bonds. The number of aliphatic hydroxyl groups is 1. The van der Waals surface area contributed by atoms with E-state index in [1.54, 1.807) is 18.2 Å². The fraction of sp³-hybridized carbons (Fsp3) is 0.385. The molecule has 1 saturated heterocycles. The van der Waals surface area contributed by atoms with Crippen molar-refractivity contribution in [3.8, 4) is 34.7 Å². The maximum atomic E-state index is 12.5. The normalized spacial score (nSPS) is 19.1. The summed E-state index contributed by atoms with van der Waals surface area (Å²) in [7, 11) is 0. The standard InChI is InChI=1S/C26H26N4O4/c1-16(2)33-22-7-6-17(14-18(22)15-27)25-28-24(29-34-25)20-4-3-5-21-19(20)8-10-26(21)11-9-23(32)30(26)12-13-31/h3-7,14,16,31H,8-13H2,1-2H3. The van der Waals surface area contributed by atoms with Gasteiger partial charge >= 0.3 is 0 Å². The maximum Gasteiger partial charge on any atom is 0.258 e. The Morgan fingerprint density at radius 1 is 1.26 bits per heavy atom. The van der Waals surface area contributed by atoms with Crippen LogP contribution in [0.25, 0.3) is 22.8 Å². The summed E-state index contributed by atoms with van der Waals surface area (Å²) in [6.45, 7) is 4.10. The molecule has 174 valence electrons. The van der Waals surface area contributed by atoms with Crippen LogP contribution in [0.4, 0.5) is 0 Å². The number of aromatic nitrogens is 2. The summed E-state index contributed by atoms with van der Waals surface area (Å²) in [5.74, 6) is 1.41. The number of aliphatic hydroxyl groups excluding tert-OH is 1. The molecule has 1 N–H and O–H groups in total. The number of likely N-dealkylation sites (tertiary alicyclic amines) is 1. The van der Waals surface area contributed by atoms with Crippen LogP contribution in [0.2, 0.25) is 0 Å². The first-order chi connectivity index (χ1) is 16.5. The first-order valence-electron chi connectivity index (χ1n) is 11.6. The first-order valence-corrected chi connectivity index (χ1v) is 11.6. The minimum Gasteiger partial charge on any atom is -0.490 e. The minimum atomic E-state index is -0.369. The van der Waals surface area contributed by atoms with E-state index in [-0.39, 0.29) is 24.2 Å².